The lowest BCUT2D eigenvalue weighted by molar-refractivity contribution is -0.141. The molecule has 0 aliphatic rings. The molecular formula is C40H72O4. The maximum atomic E-state index is 10.6. The van der Waals surface area contributed by atoms with Crippen LogP contribution in [-0.4, -0.2) is 23.7 Å². The average molecular weight is 617 g/mol. The zero-order valence-electron chi connectivity index (χ0n) is 29.4. The molecule has 0 spiro atoms. The highest BCUT2D eigenvalue weighted by molar-refractivity contribution is 5.66. The largest absolute Gasteiger partial charge is 0.481 e. The number of carboxylic acids is 1. The van der Waals surface area contributed by atoms with Crippen LogP contribution in [0.15, 0.2) is 48.6 Å². The van der Waals surface area contributed by atoms with Crippen molar-refractivity contribution in [1.29, 1.82) is 0 Å². The van der Waals surface area contributed by atoms with E-state index in [2.05, 4.69) is 62.5 Å². The average Bonchev–Trinajstić information content (AvgIpc) is 3.00. The highest BCUT2D eigenvalue weighted by atomic mass is 16.5. The second kappa shape index (κ2) is 40.9. The molecule has 0 saturated heterocycles. The first-order valence-electron chi connectivity index (χ1n) is 18.5. The molecule has 1 N–H and O–H groups in total. The summed E-state index contributed by atoms with van der Waals surface area (Å²) in [5.74, 6) is -0.880. The summed E-state index contributed by atoms with van der Waals surface area (Å²) >= 11 is 0. The van der Waals surface area contributed by atoms with Crippen LogP contribution in [0.5, 0.6) is 0 Å². The number of rotatable bonds is 31. The van der Waals surface area contributed by atoms with E-state index < -0.39 is 5.97 Å². The number of esters is 1. The molecule has 4 nitrogen and oxygen atoms in total. The Morgan fingerprint density at radius 2 is 0.750 bits per heavy atom. The van der Waals surface area contributed by atoms with E-state index in [1.807, 2.05) is 0 Å². The predicted octanol–water partition coefficient (Wildman–Crippen LogP) is 13.0. The van der Waals surface area contributed by atoms with Crippen LogP contribution in [0.3, 0.4) is 0 Å². The van der Waals surface area contributed by atoms with Gasteiger partial charge in [0.2, 0.25) is 0 Å². The van der Waals surface area contributed by atoms with Crippen molar-refractivity contribution in [2.75, 3.05) is 6.61 Å². The number of ether oxygens (including phenoxy) is 1. The molecule has 0 bridgehead atoms. The van der Waals surface area contributed by atoms with Crippen molar-refractivity contribution in [3.63, 3.8) is 0 Å². The lowest BCUT2D eigenvalue weighted by Crippen LogP contribution is -1.98. The first kappa shape index (κ1) is 44.0. The lowest BCUT2D eigenvalue weighted by Gasteiger charge is -2.00. The minimum atomic E-state index is -0.690. The maximum absolute atomic E-state index is 10.6. The second-order valence-electron chi connectivity index (χ2n) is 12.0. The maximum Gasteiger partial charge on any atom is 0.303 e. The number of carboxylic acid groups (broad SMARTS) is 1. The van der Waals surface area contributed by atoms with Crippen LogP contribution in [0.4, 0.5) is 0 Å². The molecule has 0 aromatic rings. The van der Waals surface area contributed by atoms with Gasteiger partial charge < -0.3 is 9.84 Å². The summed E-state index contributed by atoms with van der Waals surface area (Å²) in [4.78, 5) is 20.9. The zero-order valence-corrected chi connectivity index (χ0v) is 29.4. The molecule has 0 aromatic heterocycles. The van der Waals surface area contributed by atoms with Crippen molar-refractivity contribution in [2.45, 2.75) is 188 Å². The van der Waals surface area contributed by atoms with Gasteiger partial charge in [-0.15, -0.1) is 0 Å². The van der Waals surface area contributed by atoms with Gasteiger partial charge in [-0.1, -0.05) is 140 Å². The van der Waals surface area contributed by atoms with Crippen LogP contribution < -0.4 is 0 Å². The molecule has 0 aromatic carbocycles. The van der Waals surface area contributed by atoms with Gasteiger partial charge in [-0.05, 0) is 83.5 Å². The molecule has 0 aliphatic heterocycles. The van der Waals surface area contributed by atoms with E-state index in [1.165, 1.54) is 135 Å². The van der Waals surface area contributed by atoms with Gasteiger partial charge in [0.05, 0.1) is 6.61 Å². The van der Waals surface area contributed by atoms with Crippen molar-refractivity contribution in [1.82, 2.24) is 0 Å². The summed E-state index contributed by atoms with van der Waals surface area (Å²) in [7, 11) is 0. The first-order chi connectivity index (χ1) is 21.5. The molecule has 0 fully saturated rings. The Morgan fingerprint density at radius 1 is 0.455 bits per heavy atom. The third-order valence-corrected chi connectivity index (χ3v) is 7.45. The Balaban J connectivity index is 0. The Kier molecular flexibility index (Phi) is 40.9. The molecule has 4 heteroatoms. The minimum Gasteiger partial charge on any atom is -0.481 e. The van der Waals surface area contributed by atoms with Crippen LogP contribution in [0, 0.1) is 0 Å². The van der Waals surface area contributed by atoms with Crippen LogP contribution in [0.2, 0.25) is 0 Å². The smallest absolute Gasteiger partial charge is 0.303 e. The van der Waals surface area contributed by atoms with E-state index in [9.17, 15) is 9.59 Å². The van der Waals surface area contributed by atoms with Crippen LogP contribution in [-0.2, 0) is 14.3 Å². The monoisotopic (exact) mass is 617 g/mol. The molecule has 0 rings (SSSR count). The van der Waals surface area contributed by atoms with Gasteiger partial charge in [-0.2, -0.15) is 0 Å². The number of hydrogen-bond donors (Lipinski definition) is 1. The van der Waals surface area contributed by atoms with Gasteiger partial charge in [0.25, 0.3) is 0 Å². The van der Waals surface area contributed by atoms with Crippen molar-refractivity contribution in [2.24, 2.45) is 0 Å². The third-order valence-electron chi connectivity index (χ3n) is 7.45. The molecule has 256 valence electrons. The number of carbonyl (C=O) groups is 2. The normalized spacial score (nSPS) is 11.6. The fraction of sp³-hybridized carbons (Fsp3) is 0.750. The fourth-order valence-corrected chi connectivity index (χ4v) is 4.69. The minimum absolute atomic E-state index is 0.190. The van der Waals surface area contributed by atoms with Gasteiger partial charge in [0.1, 0.15) is 0 Å². The molecule has 44 heavy (non-hydrogen) atoms. The highest BCUT2D eigenvalue weighted by Gasteiger charge is 1.94. The van der Waals surface area contributed by atoms with Gasteiger partial charge >= 0.3 is 11.9 Å². The van der Waals surface area contributed by atoms with E-state index in [4.69, 9.17) is 9.84 Å². The van der Waals surface area contributed by atoms with Crippen molar-refractivity contribution >= 4 is 11.9 Å². The molecule has 0 amide bonds. The van der Waals surface area contributed by atoms with Gasteiger partial charge in [0.15, 0.2) is 0 Å². The zero-order chi connectivity index (χ0) is 32.6. The van der Waals surface area contributed by atoms with E-state index >= 15 is 0 Å². The molecule has 0 radical (unpaired) electrons. The lowest BCUT2D eigenvalue weighted by atomic mass is 10.1. The molecule has 0 aliphatic carbocycles. The van der Waals surface area contributed by atoms with Crippen LogP contribution in [0.25, 0.3) is 0 Å². The summed E-state index contributed by atoms with van der Waals surface area (Å²) in [6.07, 6.45) is 49.5. The molecule has 0 heterocycles. The Labute approximate surface area is 273 Å². The van der Waals surface area contributed by atoms with Gasteiger partial charge in [-0.3, -0.25) is 9.59 Å². The molecule has 0 saturated carbocycles. The first-order valence-corrected chi connectivity index (χ1v) is 18.5. The second-order valence-corrected chi connectivity index (χ2v) is 12.0. The molecule has 0 unspecified atom stereocenters. The van der Waals surface area contributed by atoms with Crippen LogP contribution in [0.1, 0.15) is 188 Å². The Morgan fingerprint density at radius 3 is 1.07 bits per heavy atom. The quantitative estimate of drug-likeness (QED) is 0.0478. The van der Waals surface area contributed by atoms with Crippen molar-refractivity contribution < 1.29 is 19.4 Å². The van der Waals surface area contributed by atoms with E-state index in [0.717, 1.165) is 32.1 Å². The fourth-order valence-electron chi connectivity index (χ4n) is 4.69. The van der Waals surface area contributed by atoms with Gasteiger partial charge in [0, 0.05) is 13.3 Å². The summed E-state index contributed by atoms with van der Waals surface area (Å²) in [6.45, 7) is 6.45. The summed E-state index contributed by atoms with van der Waals surface area (Å²) in [5, 5.41) is 8.51. The highest BCUT2D eigenvalue weighted by Crippen LogP contribution is 2.11. The van der Waals surface area contributed by atoms with Crippen LogP contribution >= 0.6 is 0 Å². The summed E-state index contributed by atoms with van der Waals surface area (Å²) in [6, 6.07) is 0. The summed E-state index contributed by atoms with van der Waals surface area (Å²) < 4.78 is 4.87. The van der Waals surface area contributed by atoms with Crippen molar-refractivity contribution in [3.8, 4) is 0 Å². The Hall–Kier alpha value is -2.10. The standard InChI is InChI=1S/2C20H36O2/c1-3-4-5-6-7-8-9-10-11-12-13-14-15-16-17-18-19-22-20(2)21;1-2-3-4-5-6-7-8-9-10-11-12-13-14-15-16-17-18-19-20(21)22/h6-7,16-17H,3-5,8-15,18-19H2,1-2H3;5-6,15-16H,2-4,7-14,17-19H2,1H3,(H,21,22). The van der Waals surface area contributed by atoms with Gasteiger partial charge in [-0.25, -0.2) is 0 Å². The Bertz CT molecular complexity index is 644. The number of hydrogen-bond acceptors (Lipinski definition) is 3. The number of unbranched alkanes of at least 4 members (excludes halogenated alkanes) is 19. The molecule has 0 atom stereocenters. The topological polar surface area (TPSA) is 63.6 Å². The number of allylic oxidation sites excluding steroid dienone is 7. The predicted molar refractivity (Wildman–Crippen MR) is 192 cm³/mol. The number of carbonyl (C=O) groups excluding carboxylic acids is 1. The third kappa shape index (κ3) is 46.8. The summed E-state index contributed by atoms with van der Waals surface area (Å²) in [5.41, 5.74) is 0. The number of aliphatic carboxylic acids is 1. The SMILES string of the molecule is CCCCC=CCCCCCCCCC=CCCCC(=O)O.CCCCC=CCCCCCCCCC=CCCOC(C)=O. The van der Waals surface area contributed by atoms with Crippen molar-refractivity contribution in [3.05, 3.63) is 48.6 Å². The molecular weight excluding hydrogens is 544 g/mol. The van der Waals surface area contributed by atoms with E-state index in [-0.39, 0.29) is 12.4 Å². The van der Waals surface area contributed by atoms with E-state index in [0.29, 0.717) is 6.61 Å². The van der Waals surface area contributed by atoms with E-state index in [1.54, 1.807) is 0 Å².